The molecule has 0 bridgehead atoms. The predicted molar refractivity (Wildman–Crippen MR) is 72.4 cm³/mol. The molecule has 18 heavy (non-hydrogen) atoms. The van der Waals surface area contributed by atoms with Crippen molar-refractivity contribution in [2.24, 2.45) is 0 Å². The number of nitrogens with zero attached hydrogens (tertiary/aromatic N) is 2. The summed E-state index contributed by atoms with van der Waals surface area (Å²) in [6, 6.07) is 2.51. The zero-order chi connectivity index (χ0) is 13.0. The Morgan fingerprint density at radius 2 is 2.22 bits per heavy atom. The Morgan fingerprint density at radius 3 is 2.89 bits per heavy atom. The highest BCUT2D eigenvalue weighted by molar-refractivity contribution is 4.99. The minimum atomic E-state index is -0.473. The lowest BCUT2D eigenvalue weighted by Crippen LogP contribution is -2.37. The Hall–Kier alpha value is -0.870. The van der Waals surface area contributed by atoms with Gasteiger partial charge in [-0.2, -0.15) is 5.10 Å². The van der Waals surface area contributed by atoms with Gasteiger partial charge in [-0.1, -0.05) is 19.8 Å². The molecule has 4 heteroatoms. The van der Waals surface area contributed by atoms with Crippen LogP contribution in [0, 0.1) is 0 Å². The Morgan fingerprint density at radius 1 is 1.50 bits per heavy atom. The maximum Gasteiger partial charge on any atom is 0.0771 e. The third-order valence-corrected chi connectivity index (χ3v) is 4.00. The molecule has 1 aromatic rings. The molecule has 1 aliphatic carbocycles. The molecule has 1 atom stereocenters. The lowest BCUT2D eigenvalue weighted by Gasteiger charge is -2.22. The van der Waals surface area contributed by atoms with Crippen molar-refractivity contribution in [2.45, 2.75) is 64.1 Å². The van der Waals surface area contributed by atoms with Gasteiger partial charge in [0.05, 0.1) is 11.3 Å². The summed E-state index contributed by atoms with van der Waals surface area (Å²) >= 11 is 0. The average molecular weight is 251 g/mol. The van der Waals surface area contributed by atoms with Gasteiger partial charge in [-0.25, -0.2) is 0 Å². The summed E-state index contributed by atoms with van der Waals surface area (Å²) in [5.74, 6) is 0. The predicted octanol–water partition coefficient (Wildman–Crippen LogP) is 2.25. The summed E-state index contributed by atoms with van der Waals surface area (Å²) in [4.78, 5) is 0. The first-order valence-electron chi connectivity index (χ1n) is 7.10. The lowest BCUT2D eigenvalue weighted by atomic mass is 10.0. The van der Waals surface area contributed by atoms with Crippen LogP contribution in [0.3, 0.4) is 0 Å². The highest BCUT2D eigenvalue weighted by Gasteiger charge is 2.30. The monoisotopic (exact) mass is 251 g/mol. The summed E-state index contributed by atoms with van der Waals surface area (Å²) in [6.45, 7) is 5.76. The third kappa shape index (κ3) is 3.33. The van der Waals surface area contributed by atoms with Gasteiger partial charge in [-0.05, 0) is 32.3 Å². The summed E-state index contributed by atoms with van der Waals surface area (Å²) in [5.41, 5.74) is 0.580. The Bertz CT molecular complexity index is 369. The van der Waals surface area contributed by atoms with Crippen molar-refractivity contribution < 1.29 is 5.11 Å². The van der Waals surface area contributed by atoms with Crippen molar-refractivity contribution >= 4 is 0 Å². The summed E-state index contributed by atoms with van der Waals surface area (Å²) in [7, 11) is 0. The van der Waals surface area contributed by atoms with E-state index in [1.807, 2.05) is 10.9 Å². The van der Waals surface area contributed by atoms with Gasteiger partial charge >= 0.3 is 0 Å². The molecule has 1 unspecified atom stereocenters. The minimum absolute atomic E-state index is 0.456. The number of rotatable bonds is 6. The van der Waals surface area contributed by atoms with E-state index in [-0.39, 0.29) is 0 Å². The van der Waals surface area contributed by atoms with Crippen LogP contribution in [0.2, 0.25) is 0 Å². The molecule has 0 amide bonds. The second-order valence-corrected chi connectivity index (χ2v) is 5.58. The first kappa shape index (κ1) is 13.6. The van der Waals surface area contributed by atoms with Crippen LogP contribution in [0.25, 0.3) is 0 Å². The van der Waals surface area contributed by atoms with Gasteiger partial charge in [-0.3, -0.25) is 4.68 Å². The lowest BCUT2D eigenvalue weighted by molar-refractivity contribution is 0.0474. The van der Waals surface area contributed by atoms with Crippen LogP contribution in [-0.2, 0) is 6.54 Å². The molecular formula is C14H25N3O. The van der Waals surface area contributed by atoms with E-state index in [1.54, 1.807) is 0 Å². The number of aromatic nitrogens is 2. The normalized spacial score (nSPS) is 20.2. The Kier molecular flexibility index (Phi) is 4.40. The van der Waals surface area contributed by atoms with Crippen LogP contribution >= 0.6 is 0 Å². The summed E-state index contributed by atoms with van der Waals surface area (Å²) in [5, 5.41) is 18.1. The van der Waals surface area contributed by atoms with Crippen LogP contribution in [0.4, 0.5) is 0 Å². The zero-order valence-corrected chi connectivity index (χ0v) is 11.5. The van der Waals surface area contributed by atoms with Crippen LogP contribution in [-0.4, -0.2) is 27.0 Å². The fourth-order valence-corrected chi connectivity index (χ4v) is 2.54. The molecule has 1 fully saturated rings. The van der Waals surface area contributed by atoms with Gasteiger partial charge in [0.25, 0.3) is 0 Å². The maximum atomic E-state index is 10.2. The Balaban J connectivity index is 1.78. The SMILES string of the molecule is CCC(C)n1ccc(CNCC2(O)CCCC2)n1. The van der Waals surface area contributed by atoms with E-state index >= 15 is 0 Å². The first-order chi connectivity index (χ1) is 8.63. The topological polar surface area (TPSA) is 50.1 Å². The fourth-order valence-electron chi connectivity index (χ4n) is 2.54. The average Bonchev–Trinajstić information content (AvgIpc) is 2.98. The largest absolute Gasteiger partial charge is 0.389 e. The van der Waals surface area contributed by atoms with Gasteiger partial charge in [-0.15, -0.1) is 0 Å². The van der Waals surface area contributed by atoms with Crippen LogP contribution < -0.4 is 5.32 Å². The van der Waals surface area contributed by atoms with Crippen LogP contribution in [0.15, 0.2) is 12.3 Å². The van der Waals surface area contributed by atoms with E-state index in [2.05, 4.69) is 30.3 Å². The molecule has 0 aliphatic heterocycles. The van der Waals surface area contributed by atoms with E-state index in [4.69, 9.17) is 0 Å². The van der Waals surface area contributed by atoms with Crippen molar-refractivity contribution in [3.8, 4) is 0 Å². The second-order valence-electron chi connectivity index (χ2n) is 5.58. The van der Waals surface area contributed by atoms with Gasteiger partial charge in [0.2, 0.25) is 0 Å². The minimum Gasteiger partial charge on any atom is -0.389 e. The van der Waals surface area contributed by atoms with Crippen LogP contribution in [0.1, 0.15) is 57.7 Å². The molecule has 102 valence electrons. The summed E-state index contributed by atoms with van der Waals surface area (Å²) in [6.07, 6.45) is 7.30. The molecule has 0 spiro atoms. The number of hydrogen-bond donors (Lipinski definition) is 2. The maximum absolute atomic E-state index is 10.2. The molecule has 0 saturated heterocycles. The van der Waals surface area contributed by atoms with Gasteiger partial charge in [0.15, 0.2) is 0 Å². The van der Waals surface area contributed by atoms with E-state index in [0.29, 0.717) is 12.6 Å². The number of aliphatic hydroxyl groups is 1. The smallest absolute Gasteiger partial charge is 0.0771 e. The quantitative estimate of drug-likeness (QED) is 0.815. The molecule has 0 aromatic carbocycles. The highest BCUT2D eigenvalue weighted by Crippen LogP contribution is 2.28. The molecule has 2 rings (SSSR count). The molecule has 1 aromatic heterocycles. The summed E-state index contributed by atoms with van der Waals surface area (Å²) < 4.78 is 2.02. The van der Waals surface area contributed by atoms with Gasteiger partial charge < -0.3 is 10.4 Å². The van der Waals surface area contributed by atoms with Crippen molar-refractivity contribution in [1.29, 1.82) is 0 Å². The molecule has 0 radical (unpaired) electrons. The fraction of sp³-hybridized carbons (Fsp3) is 0.786. The van der Waals surface area contributed by atoms with E-state index in [1.165, 1.54) is 0 Å². The molecule has 1 heterocycles. The van der Waals surface area contributed by atoms with E-state index < -0.39 is 5.60 Å². The standard InChI is InChI=1S/C14H25N3O/c1-3-12(2)17-9-6-13(16-17)10-15-11-14(18)7-4-5-8-14/h6,9,12,15,18H,3-5,7-8,10-11H2,1-2H3. The molecule has 1 aliphatic rings. The second kappa shape index (κ2) is 5.85. The molecule has 2 N–H and O–H groups in total. The van der Waals surface area contributed by atoms with Crippen LogP contribution in [0.5, 0.6) is 0 Å². The Labute approximate surface area is 109 Å². The molecule has 1 saturated carbocycles. The third-order valence-electron chi connectivity index (χ3n) is 4.00. The van der Waals surface area contributed by atoms with Crippen molar-refractivity contribution in [2.75, 3.05) is 6.54 Å². The van der Waals surface area contributed by atoms with Crippen molar-refractivity contribution in [1.82, 2.24) is 15.1 Å². The first-order valence-corrected chi connectivity index (χ1v) is 7.10. The molecule has 4 nitrogen and oxygen atoms in total. The molecular weight excluding hydrogens is 226 g/mol. The highest BCUT2D eigenvalue weighted by atomic mass is 16.3. The van der Waals surface area contributed by atoms with Gasteiger partial charge in [0, 0.05) is 25.3 Å². The zero-order valence-electron chi connectivity index (χ0n) is 11.5. The number of hydrogen-bond acceptors (Lipinski definition) is 3. The van der Waals surface area contributed by atoms with Gasteiger partial charge in [0.1, 0.15) is 0 Å². The van der Waals surface area contributed by atoms with Crippen molar-refractivity contribution in [3.63, 3.8) is 0 Å². The van der Waals surface area contributed by atoms with E-state index in [0.717, 1.165) is 44.3 Å². The van der Waals surface area contributed by atoms with E-state index in [9.17, 15) is 5.11 Å². The number of nitrogens with one attached hydrogen (secondary N) is 1. The van der Waals surface area contributed by atoms with Crippen molar-refractivity contribution in [3.05, 3.63) is 18.0 Å².